The van der Waals surface area contributed by atoms with Crippen LogP contribution in [0.25, 0.3) is 5.57 Å². The number of hydrogen-bond donors (Lipinski definition) is 4. The highest BCUT2D eigenvalue weighted by Gasteiger charge is 2.48. The van der Waals surface area contributed by atoms with Crippen molar-refractivity contribution in [3.05, 3.63) is 136 Å². The van der Waals surface area contributed by atoms with E-state index in [1.54, 1.807) is 12.1 Å². The molecule has 1 unspecified atom stereocenters. The maximum atomic E-state index is 14.6. The quantitative estimate of drug-likeness (QED) is 0.0328. The summed E-state index contributed by atoms with van der Waals surface area (Å²) in [6, 6.07) is 26.0. The number of imide groups is 1. The molecule has 82 heavy (non-hydrogen) atoms. The second kappa shape index (κ2) is 25.8. The lowest BCUT2D eigenvalue weighted by molar-refractivity contribution is -0.133. The fourth-order valence-electron chi connectivity index (χ4n) is 10.7. The van der Waals surface area contributed by atoms with Crippen molar-refractivity contribution in [1.29, 1.82) is 0 Å². The molecule has 3 saturated heterocycles. The maximum Gasteiger partial charge on any atom is 0.501 e. The predicted octanol–water partition coefficient (Wildman–Crippen LogP) is 8.47. The summed E-state index contributed by atoms with van der Waals surface area (Å²) < 4.78 is 114. The monoisotopic (exact) mass is 1210 g/mol. The molecule has 0 spiro atoms. The number of rotatable bonds is 20. The van der Waals surface area contributed by atoms with Gasteiger partial charge in [-0.25, -0.2) is 21.6 Å². The van der Waals surface area contributed by atoms with Crippen LogP contribution in [0.3, 0.4) is 0 Å². The molecule has 25 heteroatoms. The Bertz CT molecular complexity index is 3380. The van der Waals surface area contributed by atoms with E-state index in [1.165, 1.54) is 46.7 Å². The Labute approximate surface area is 484 Å². The number of nitrogens with zero attached hydrogens (tertiary/aromatic N) is 6. The second-order valence-corrected chi connectivity index (χ2v) is 27.0. The molecular formula is C57H65ClF4N10O7S3. The first-order valence-electron chi connectivity index (χ1n) is 27.1. The van der Waals surface area contributed by atoms with Crippen LogP contribution in [-0.4, -0.2) is 148 Å². The SMILES string of the molecule is CC1(C)CCC(c2ccc(Cl)cc2)=C(CN2CCN(c3ccc(C(=O)NS(=O)(=O)c4ccc(N[C@H](CCN5CCN(Cc6cc(NC7CCC(=O)NC7=O)c(F)nn6)CC5)CSc5ccccc5)c(S(=O)(=O)C(F)(F)F)c4)cc3)CC2)C1. The fraction of sp³-hybridized carbons (Fsp3) is 0.421. The number of sulfone groups is 1. The first kappa shape index (κ1) is 60.4. The van der Waals surface area contributed by atoms with Gasteiger partial charge in [-0.1, -0.05) is 61.4 Å². The van der Waals surface area contributed by atoms with Crippen molar-refractivity contribution < 1.29 is 48.8 Å². The summed E-state index contributed by atoms with van der Waals surface area (Å²) in [5.74, 6) is -2.63. The highest BCUT2D eigenvalue weighted by Crippen LogP contribution is 2.43. The Balaban J connectivity index is 0.829. The van der Waals surface area contributed by atoms with E-state index in [-0.39, 0.29) is 35.3 Å². The number of benzene rings is 4. The highest BCUT2D eigenvalue weighted by molar-refractivity contribution is 7.99. The van der Waals surface area contributed by atoms with E-state index in [4.69, 9.17) is 11.6 Å². The summed E-state index contributed by atoms with van der Waals surface area (Å²) in [6.07, 6.45) is 3.73. The zero-order chi connectivity index (χ0) is 58.4. The van der Waals surface area contributed by atoms with Crippen molar-refractivity contribution in [1.82, 2.24) is 34.9 Å². The Kier molecular flexibility index (Phi) is 19.0. The van der Waals surface area contributed by atoms with Crippen molar-refractivity contribution in [2.24, 2.45) is 5.41 Å². The van der Waals surface area contributed by atoms with Crippen LogP contribution in [-0.2, 0) is 36.0 Å². The lowest BCUT2D eigenvalue weighted by Gasteiger charge is -2.39. The van der Waals surface area contributed by atoms with Crippen molar-refractivity contribution in [3.8, 4) is 0 Å². The first-order chi connectivity index (χ1) is 39.0. The van der Waals surface area contributed by atoms with E-state index in [0.717, 1.165) is 61.6 Å². The van der Waals surface area contributed by atoms with E-state index >= 15 is 0 Å². The Morgan fingerprint density at radius 3 is 2.17 bits per heavy atom. The van der Waals surface area contributed by atoms with Crippen LogP contribution >= 0.6 is 23.4 Å². The zero-order valence-corrected chi connectivity index (χ0v) is 48.6. The zero-order valence-electron chi connectivity index (χ0n) is 45.4. The minimum absolute atomic E-state index is 0.0185. The van der Waals surface area contributed by atoms with Gasteiger partial charge in [0.2, 0.25) is 11.8 Å². The number of piperidine rings is 1. The smallest absolute Gasteiger partial charge is 0.380 e. The molecule has 1 aliphatic carbocycles. The number of anilines is 3. The van der Waals surface area contributed by atoms with Crippen LogP contribution in [0.4, 0.5) is 34.6 Å². The van der Waals surface area contributed by atoms with Crippen molar-refractivity contribution >= 4 is 83.6 Å². The second-order valence-electron chi connectivity index (χ2n) is 21.8. The average Bonchev–Trinajstić information content (AvgIpc) is 2.95. The molecule has 3 aliphatic heterocycles. The Hall–Kier alpha value is -6.15. The van der Waals surface area contributed by atoms with Crippen LogP contribution in [0.5, 0.6) is 0 Å². The van der Waals surface area contributed by atoms with Crippen molar-refractivity contribution in [3.63, 3.8) is 0 Å². The summed E-state index contributed by atoms with van der Waals surface area (Å²) in [5, 5.41) is 16.4. The lowest BCUT2D eigenvalue weighted by atomic mass is 9.73. The van der Waals surface area contributed by atoms with Gasteiger partial charge in [-0.2, -0.15) is 22.7 Å². The van der Waals surface area contributed by atoms with Crippen LogP contribution in [0.1, 0.15) is 74.0 Å². The minimum Gasteiger partial charge on any atom is -0.380 e. The molecule has 4 aliphatic rings. The number of carbonyl (C=O) groups excluding carboxylic acids is 3. The van der Waals surface area contributed by atoms with Crippen LogP contribution in [0, 0.1) is 11.4 Å². The van der Waals surface area contributed by atoms with Gasteiger partial charge in [0.05, 0.1) is 22.0 Å². The minimum atomic E-state index is -6.16. The molecule has 5 aromatic rings. The Morgan fingerprint density at radius 1 is 0.817 bits per heavy atom. The third-order valence-electron chi connectivity index (χ3n) is 15.3. The van der Waals surface area contributed by atoms with Crippen LogP contribution in [0.2, 0.25) is 5.02 Å². The molecule has 0 radical (unpaired) electrons. The third kappa shape index (κ3) is 15.3. The summed E-state index contributed by atoms with van der Waals surface area (Å²) in [7, 11) is -11.1. The van der Waals surface area contributed by atoms with Gasteiger partial charge in [0.1, 0.15) is 10.9 Å². The van der Waals surface area contributed by atoms with Crippen LogP contribution in [0.15, 0.2) is 123 Å². The number of piperazine rings is 2. The van der Waals surface area contributed by atoms with E-state index in [1.807, 2.05) is 47.2 Å². The number of allylic oxidation sites excluding steroid dienone is 1. The molecule has 1 aromatic heterocycles. The third-order valence-corrected chi connectivity index (χ3v) is 19.6. The number of thioether (sulfide) groups is 1. The molecule has 0 saturated carbocycles. The van der Waals surface area contributed by atoms with Crippen molar-refractivity contribution in [2.45, 2.75) is 91.2 Å². The van der Waals surface area contributed by atoms with Gasteiger partial charge in [0, 0.05) is 111 Å². The molecule has 17 nitrogen and oxygen atoms in total. The summed E-state index contributed by atoms with van der Waals surface area (Å²) in [6.45, 7) is 11.5. The highest BCUT2D eigenvalue weighted by atomic mass is 35.5. The van der Waals surface area contributed by atoms with Gasteiger partial charge in [-0.3, -0.25) is 29.5 Å². The largest absolute Gasteiger partial charge is 0.501 e. The summed E-state index contributed by atoms with van der Waals surface area (Å²) in [4.78, 5) is 44.9. The molecular weight excluding hydrogens is 1140 g/mol. The van der Waals surface area contributed by atoms with Gasteiger partial charge in [0.25, 0.3) is 31.7 Å². The van der Waals surface area contributed by atoms with Crippen LogP contribution < -0.4 is 25.6 Å². The molecule has 0 bridgehead atoms. The maximum absolute atomic E-state index is 14.6. The molecule has 9 rings (SSSR count). The fourth-order valence-corrected chi connectivity index (χ4v) is 13.8. The molecule has 4 heterocycles. The average molecular weight is 1210 g/mol. The standard InChI is InChI=1S/C57H65ClF4N10O7S3/c1-56(2)22-20-47(38-8-12-41(58)13-9-38)40(34-56)35-70-28-30-72(31-29-70)44-14-10-39(11-15-44)54(74)68-82(78,79)46-16-17-48(51(33-46)81(76,77)57(60,61)62)63-42(37-80-45-6-4-3-5-7-45)21-23-69-24-26-71(27-25-69)36-43-32-50(53(59)67-66-43)64-49-18-19-52(73)65-55(49)75/h3-17,32-33,42,49,63H,18-31,34-37H2,1-2H3,(H,64,66)(H,68,74)(H,65,73,75)/t42-,49?/m1/s1. The van der Waals surface area contributed by atoms with E-state index in [0.29, 0.717) is 75.6 Å². The first-order valence-corrected chi connectivity index (χ1v) is 31.4. The van der Waals surface area contributed by atoms with E-state index in [9.17, 15) is 48.8 Å². The van der Waals surface area contributed by atoms with Gasteiger partial charge in [0.15, 0.2) is 0 Å². The number of alkyl halides is 3. The van der Waals surface area contributed by atoms with Gasteiger partial charge < -0.3 is 20.4 Å². The van der Waals surface area contributed by atoms with E-state index in [2.05, 4.69) is 71.7 Å². The predicted molar refractivity (Wildman–Crippen MR) is 308 cm³/mol. The lowest BCUT2D eigenvalue weighted by Crippen LogP contribution is -2.47. The van der Waals surface area contributed by atoms with Gasteiger partial charge >= 0.3 is 5.51 Å². The molecule has 438 valence electrons. The number of amides is 3. The molecule has 4 N–H and O–H groups in total. The number of sulfonamides is 1. The van der Waals surface area contributed by atoms with Crippen molar-refractivity contribution in [2.75, 3.05) is 86.7 Å². The van der Waals surface area contributed by atoms with Gasteiger partial charge in [-0.05, 0) is 121 Å². The molecule has 2 atom stereocenters. The normalized spacial score (nSPS) is 19.2. The van der Waals surface area contributed by atoms with E-state index < -0.39 is 76.6 Å². The molecule has 3 amide bonds. The number of aromatic nitrogens is 2. The van der Waals surface area contributed by atoms with Gasteiger partial charge in [-0.15, -0.1) is 16.9 Å². The molecule has 3 fully saturated rings. The number of carbonyl (C=O) groups is 3. The molecule has 4 aromatic carbocycles. The number of hydrogen-bond acceptors (Lipinski definition) is 16. The number of nitrogens with one attached hydrogen (secondary N) is 4. The number of halogens is 5. The summed E-state index contributed by atoms with van der Waals surface area (Å²) >= 11 is 7.61. The summed E-state index contributed by atoms with van der Waals surface area (Å²) in [5.41, 5.74) is -0.859. The topological polar surface area (TPSA) is 206 Å². The Morgan fingerprint density at radius 2 is 1.49 bits per heavy atom.